The number of aliphatic imine (C=N–C) groups is 1. The minimum atomic E-state index is -0.452. The Morgan fingerprint density at radius 2 is 1.13 bits per heavy atom. The van der Waals surface area contributed by atoms with Crippen molar-refractivity contribution in [3.05, 3.63) is 257 Å². The summed E-state index contributed by atoms with van der Waals surface area (Å²) < 4.78 is 2.64. The molecule has 0 aliphatic heterocycles. The van der Waals surface area contributed by atoms with Crippen LogP contribution in [-0.4, -0.2) is 5.71 Å². The van der Waals surface area contributed by atoms with E-state index in [4.69, 9.17) is 4.99 Å². The summed E-state index contributed by atoms with van der Waals surface area (Å²) in [6, 6.07) is 75.9. The third kappa shape index (κ3) is 6.70. The normalized spacial score (nSPS) is 15.6. The minimum Gasteiger partial charge on any atom is -0.272 e. The van der Waals surface area contributed by atoms with Gasteiger partial charge in [0.1, 0.15) is 0 Å². The molecule has 0 amide bonds. The van der Waals surface area contributed by atoms with Gasteiger partial charge in [0.15, 0.2) is 0 Å². The molecule has 2 unspecified atom stereocenters. The number of benzene rings is 10. The average Bonchev–Trinajstić information content (AvgIpc) is 3.87. The van der Waals surface area contributed by atoms with Crippen molar-refractivity contribution in [1.29, 1.82) is 0 Å². The Hall–Kier alpha value is -7.65. The SMILES string of the molecule is C=C(C)C(/N=C(\C(C)=C(/C)c1cc(C2(C)c3cc4ccccc4cc3-c3c2ccc2ccccc32)c2sc3ccccc3c2c1)c1ccc2ccccc2c1)c1cccc(-c2ccccc2)c1. The number of hydrogen-bond acceptors (Lipinski definition) is 2. The van der Waals surface area contributed by atoms with Gasteiger partial charge in [-0.2, -0.15) is 0 Å². The van der Waals surface area contributed by atoms with Gasteiger partial charge in [0.05, 0.1) is 11.8 Å². The molecule has 0 radical (unpaired) electrons. The van der Waals surface area contributed by atoms with Crippen LogP contribution in [0.25, 0.3) is 80.3 Å². The van der Waals surface area contributed by atoms with Crippen molar-refractivity contribution in [2.75, 3.05) is 0 Å². The molecule has 0 fully saturated rings. The molecule has 1 aliphatic carbocycles. The van der Waals surface area contributed by atoms with Crippen LogP contribution in [0, 0.1) is 0 Å². The summed E-state index contributed by atoms with van der Waals surface area (Å²) in [5, 5.41) is 10.1. The lowest BCUT2D eigenvalue weighted by atomic mass is 9.72. The van der Waals surface area contributed by atoms with Crippen LogP contribution in [0.3, 0.4) is 0 Å². The van der Waals surface area contributed by atoms with E-state index >= 15 is 0 Å². The van der Waals surface area contributed by atoms with Gasteiger partial charge in [0.25, 0.3) is 0 Å². The highest BCUT2D eigenvalue weighted by molar-refractivity contribution is 7.26. The predicted octanol–water partition coefficient (Wildman–Crippen LogP) is 18.1. The number of allylic oxidation sites excluding steroid dienone is 2. The van der Waals surface area contributed by atoms with Crippen LogP contribution in [0.5, 0.6) is 0 Å². The van der Waals surface area contributed by atoms with Crippen LogP contribution in [0.15, 0.2) is 229 Å². The van der Waals surface area contributed by atoms with Crippen molar-refractivity contribution in [2.24, 2.45) is 4.99 Å². The molecule has 0 saturated heterocycles. The highest BCUT2D eigenvalue weighted by Crippen LogP contribution is 2.58. The molecule has 2 heteroatoms. The number of nitrogens with zero attached hydrogens (tertiary/aromatic N) is 1. The van der Waals surface area contributed by atoms with Gasteiger partial charge < -0.3 is 0 Å². The van der Waals surface area contributed by atoms with Crippen molar-refractivity contribution >= 4 is 75.1 Å². The molecule has 10 aromatic carbocycles. The fourth-order valence-electron chi connectivity index (χ4n) is 10.9. The third-order valence-electron chi connectivity index (χ3n) is 14.6. The van der Waals surface area contributed by atoms with E-state index < -0.39 is 5.41 Å². The molecule has 12 rings (SSSR count). The number of fused-ring (bicyclic) bond motifs is 10. The van der Waals surface area contributed by atoms with Crippen LogP contribution < -0.4 is 0 Å². The Bertz CT molecular complexity index is 3880. The molecular weight excluding hydrogens is 827 g/mol. The Balaban J connectivity index is 1.12. The van der Waals surface area contributed by atoms with E-state index in [0.29, 0.717) is 0 Å². The summed E-state index contributed by atoms with van der Waals surface area (Å²) in [4.78, 5) is 5.80. The van der Waals surface area contributed by atoms with Crippen molar-refractivity contribution in [3.63, 3.8) is 0 Å². The van der Waals surface area contributed by atoms with Crippen LogP contribution in [-0.2, 0) is 5.41 Å². The molecule has 11 aromatic rings. The van der Waals surface area contributed by atoms with E-state index in [1.165, 1.54) is 103 Å². The third-order valence-corrected chi connectivity index (χ3v) is 15.8. The second-order valence-corrected chi connectivity index (χ2v) is 19.7. The fourth-order valence-corrected chi connectivity index (χ4v) is 12.2. The summed E-state index contributed by atoms with van der Waals surface area (Å²) in [5.74, 6) is 0. The van der Waals surface area contributed by atoms with Crippen molar-refractivity contribution in [3.8, 4) is 22.3 Å². The Morgan fingerprint density at radius 3 is 1.91 bits per heavy atom. The molecule has 1 aliphatic rings. The highest BCUT2D eigenvalue weighted by Gasteiger charge is 2.43. The van der Waals surface area contributed by atoms with Crippen molar-refractivity contribution in [1.82, 2.24) is 0 Å². The fraction of sp³-hybridized carbons (Fsp3) is 0.0923. The Kier molecular flexibility index (Phi) is 9.78. The molecule has 1 aromatic heterocycles. The van der Waals surface area contributed by atoms with Crippen molar-refractivity contribution in [2.45, 2.75) is 39.2 Å². The average molecular weight is 876 g/mol. The van der Waals surface area contributed by atoms with E-state index in [9.17, 15) is 0 Å². The smallest absolute Gasteiger partial charge is 0.0961 e. The van der Waals surface area contributed by atoms with E-state index in [0.717, 1.165) is 28.0 Å². The van der Waals surface area contributed by atoms with Gasteiger partial charge in [0.2, 0.25) is 0 Å². The predicted molar refractivity (Wildman–Crippen MR) is 290 cm³/mol. The van der Waals surface area contributed by atoms with E-state index in [2.05, 4.69) is 241 Å². The zero-order valence-electron chi connectivity index (χ0n) is 38.3. The molecule has 0 N–H and O–H groups in total. The van der Waals surface area contributed by atoms with Gasteiger partial charge in [-0.25, -0.2) is 0 Å². The van der Waals surface area contributed by atoms with Crippen LogP contribution in [0.1, 0.15) is 67.1 Å². The summed E-state index contributed by atoms with van der Waals surface area (Å²) in [7, 11) is 0. The van der Waals surface area contributed by atoms with Crippen LogP contribution >= 0.6 is 11.3 Å². The van der Waals surface area contributed by atoms with E-state index in [1.54, 1.807) is 0 Å². The van der Waals surface area contributed by atoms with Gasteiger partial charge in [-0.1, -0.05) is 176 Å². The van der Waals surface area contributed by atoms with Gasteiger partial charge in [0, 0.05) is 31.2 Å². The maximum absolute atomic E-state index is 5.80. The summed E-state index contributed by atoms with van der Waals surface area (Å²) in [6.45, 7) is 13.7. The lowest BCUT2D eigenvalue weighted by Gasteiger charge is -2.30. The topological polar surface area (TPSA) is 12.4 Å². The molecule has 67 heavy (non-hydrogen) atoms. The highest BCUT2D eigenvalue weighted by atomic mass is 32.1. The monoisotopic (exact) mass is 875 g/mol. The largest absolute Gasteiger partial charge is 0.272 e. The maximum Gasteiger partial charge on any atom is 0.0961 e. The van der Waals surface area contributed by atoms with Crippen molar-refractivity contribution < 1.29 is 0 Å². The summed E-state index contributed by atoms with van der Waals surface area (Å²) in [5.41, 5.74) is 16.3. The minimum absolute atomic E-state index is 0.262. The lowest BCUT2D eigenvalue weighted by Crippen LogP contribution is -2.23. The second-order valence-electron chi connectivity index (χ2n) is 18.6. The first-order valence-corrected chi connectivity index (χ1v) is 24.1. The summed E-state index contributed by atoms with van der Waals surface area (Å²) in [6.07, 6.45) is 0. The number of rotatable bonds is 8. The zero-order chi connectivity index (χ0) is 45.4. The first-order valence-electron chi connectivity index (χ1n) is 23.3. The van der Waals surface area contributed by atoms with Gasteiger partial charge in [-0.15, -0.1) is 11.3 Å². The standard InChI is InChI=1S/C65H49NS/c1-40(2)62(50-26-17-25-47(34-50)43-18-7-6-8-19-43)66-63(51-31-30-44-20-9-10-22-46(44)35-51)42(4)41(3)52-37-55-54-28-15-16-29-60(54)67-64(55)59(39-52)65(5)57-33-32-45-21-13-14-27-53(45)61(57)56-36-48-23-11-12-24-49(48)38-58(56)65/h6-39,62H,1H2,2-5H3/b42-41+,66-63+. The molecule has 0 spiro atoms. The second kappa shape index (κ2) is 16.0. The molecule has 0 bridgehead atoms. The van der Waals surface area contributed by atoms with Crippen LogP contribution in [0.2, 0.25) is 0 Å². The molecule has 1 heterocycles. The lowest BCUT2D eigenvalue weighted by molar-refractivity contribution is 0.723. The Labute approximate surface area is 396 Å². The first-order chi connectivity index (χ1) is 32.7. The molecule has 0 saturated carbocycles. The molecule has 2 atom stereocenters. The Morgan fingerprint density at radius 1 is 0.493 bits per heavy atom. The van der Waals surface area contributed by atoms with E-state index in [1.807, 2.05) is 11.3 Å². The molecule has 1 nitrogen and oxygen atoms in total. The zero-order valence-corrected chi connectivity index (χ0v) is 39.1. The van der Waals surface area contributed by atoms with E-state index in [-0.39, 0.29) is 6.04 Å². The number of thiophene rings is 1. The quantitative estimate of drug-likeness (QED) is 0.107. The summed E-state index contributed by atoms with van der Waals surface area (Å²) >= 11 is 1.92. The first kappa shape index (κ1) is 40.8. The van der Waals surface area contributed by atoms with Gasteiger partial charge in [-0.05, 0) is 164 Å². The van der Waals surface area contributed by atoms with Crippen LogP contribution in [0.4, 0.5) is 0 Å². The van der Waals surface area contributed by atoms with Gasteiger partial charge in [-0.3, -0.25) is 4.99 Å². The molecular formula is C65H49NS. The van der Waals surface area contributed by atoms with Gasteiger partial charge >= 0.3 is 0 Å². The maximum atomic E-state index is 5.80. The molecule has 320 valence electrons. The number of hydrogen-bond donors (Lipinski definition) is 0.